The fourth-order valence-electron chi connectivity index (χ4n) is 3.56. The van der Waals surface area contributed by atoms with E-state index in [1.54, 1.807) is 0 Å². The van der Waals surface area contributed by atoms with Crippen molar-refractivity contribution in [3.8, 4) is 0 Å². The van der Waals surface area contributed by atoms with E-state index in [1.165, 1.54) is 46.3 Å². The summed E-state index contributed by atoms with van der Waals surface area (Å²) >= 11 is 0. The van der Waals surface area contributed by atoms with E-state index in [2.05, 4.69) is 79.3 Å². The van der Waals surface area contributed by atoms with Gasteiger partial charge >= 0.3 is 0 Å². The Labute approximate surface area is 194 Å². The van der Waals surface area contributed by atoms with Gasteiger partial charge in [-0.2, -0.15) is 0 Å². The van der Waals surface area contributed by atoms with Gasteiger partial charge in [0.1, 0.15) is 0 Å². The van der Waals surface area contributed by atoms with Gasteiger partial charge in [0.25, 0.3) is 0 Å². The van der Waals surface area contributed by atoms with Crippen LogP contribution in [0.3, 0.4) is 0 Å². The molecule has 1 N–H and O–H groups in total. The highest BCUT2D eigenvalue weighted by Gasteiger charge is 2.08. The van der Waals surface area contributed by atoms with E-state index in [0.717, 1.165) is 44.9 Å². The zero-order valence-electron chi connectivity index (χ0n) is 21.7. The lowest BCUT2D eigenvalue weighted by molar-refractivity contribution is 0.341. The first-order chi connectivity index (χ1) is 14.6. The molecule has 0 aliphatic rings. The molecule has 0 aromatic carbocycles. The molecule has 1 nitrogen and oxygen atoms in total. The Kier molecular flexibility index (Phi) is 17.1. The summed E-state index contributed by atoms with van der Waals surface area (Å²) in [5.74, 6) is 0.565. The summed E-state index contributed by atoms with van der Waals surface area (Å²) in [5, 5.41) is 8.94. The molecular formula is C30H50O. The molecule has 1 unspecified atom stereocenters. The smallest absolute Gasteiger partial charge is 0.0614 e. The molecule has 0 fully saturated rings. The van der Waals surface area contributed by atoms with Crippen molar-refractivity contribution in [1.29, 1.82) is 0 Å². The summed E-state index contributed by atoms with van der Waals surface area (Å²) in [7, 11) is 0. The minimum absolute atomic E-state index is 0.147. The van der Waals surface area contributed by atoms with Crippen molar-refractivity contribution in [2.45, 2.75) is 106 Å². The van der Waals surface area contributed by atoms with Crippen LogP contribution in [0.15, 0.2) is 70.4 Å². The summed E-state index contributed by atoms with van der Waals surface area (Å²) in [5.41, 5.74) is 8.46. The second-order valence-corrected chi connectivity index (χ2v) is 9.60. The molecule has 31 heavy (non-hydrogen) atoms. The van der Waals surface area contributed by atoms with Crippen LogP contribution in [-0.2, 0) is 0 Å². The summed E-state index contributed by atoms with van der Waals surface area (Å²) in [6, 6.07) is 0. The minimum Gasteiger partial charge on any atom is -0.392 e. The first-order valence-corrected chi connectivity index (χ1v) is 12.2. The van der Waals surface area contributed by atoms with Crippen LogP contribution in [0.5, 0.6) is 0 Å². The van der Waals surface area contributed by atoms with Crippen molar-refractivity contribution in [3.63, 3.8) is 0 Å². The lowest BCUT2D eigenvalue weighted by atomic mass is 9.90. The Hall–Kier alpha value is -1.60. The number of hydrogen-bond acceptors (Lipinski definition) is 1. The highest BCUT2D eigenvalue weighted by molar-refractivity contribution is 5.09. The summed E-state index contributed by atoms with van der Waals surface area (Å²) in [6.45, 7) is 19.8. The van der Waals surface area contributed by atoms with Crippen LogP contribution in [0, 0.1) is 5.92 Å². The van der Waals surface area contributed by atoms with Gasteiger partial charge in [0.05, 0.1) is 6.61 Å². The molecule has 0 heterocycles. The monoisotopic (exact) mass is 426 g/mol. The highest BCUT2D eigenvalue weighted by atomic mass is 16.2. The quantitative estimate of drug-likeness (QED) is 0.244. The SMILES string of the molecule is C=C(C)C(CC=C(C)CCC=C(C)CCC=C(C)C)CCC(C)=CCCC(C)=CCO. The van der Waals surface area contributed by atoms with Gasteiger partial charge in [0.2, 0.25) is 0 Å². The van der Waals surface area contributed by atoms with Gasteiger partial charge < -0.3 is 5.11 Å². The topological polar surface area (TPSA) is 20.2 Å². The molecule has 0 aliphatic heterocycles. The number of allylic oxidation sites excluding steroid dienone is 10. The lowest BCUT2D eigenvalue weighted by Crippen LogP contribution is -2.01. The zero-order valence-corrected chi connectivity index (χ0v) is 21.7. The van der Waals surface area contributed by atoms with Crippen LogP contribution >= 0.6 is 0 Å². The number of aliphatic hydroxyl groups excluding tert-OH is 1. The standard InChI is InChI=1S/C30H50O/c1-24(2)12-9-13-26(5)14-10-15-27(6)18-20-30(25(3)4)21-19-28(7)16-11-17-29(8)22-23-31/h12,14,16,18,22,30-31H,3,9-11,13,15,17,19-21,23H2,1-2,4-8H3. The van der Waals surface area contributed by atoms with E-state index in [9.17, 15) is 0 Å². The maximum Gasteiger partial charge on any atom is 0.0614 e. The largest absolute Gasteiger partial charge is 0.392 e. The molecule has 0 aliphatic carbocycles. The lowest BCUT2D eigenvalue weighted by Gasteiger charge is -2.16. The van der Waals surface area contributed by atoms with E-state index in [0.29, 0.717) is 5.92 Å². The third-order valence-electron chi connectivity index (χ3n) is 5.93. The second-order valence-electron chi connectivity index (χ2n) is 9.60. The van der Waals surface area contributed by atoms with Gasteiger partial charge in [-0.3, -0.25) is 0 Å². The average molecular weight is 427 g/mol. The fraction of sp³-hybridized carbons (Fsp3) is 0.600. The van der Waals surface area contributed by atoms with E-state index < -0.39 is 0 Å². The molecule has 1 atom stereocenters. The molecule has 176 valence electrons. The molecular weight excluding hydrogens is 376 g/mol. The van der Waals surface area contributed by atoms with Crippen LogP contribution in [0.1, 0.15) is 106 Å². The molecule has 0 bridgehead atoms. The van der Waals surface area contributed by atoms with Gasteiger partial charge in [-0.15, -0.1) is 0 Å². The molecule has 0 radical (unpaired) electrons. The Balaban J connectivity index is 4.44. The van der Waals surface area contributed by atoms with E-state index in [-0.39, 0.29) is 6.61 Å². The normalized spacial score (nSPS) is 14.6. The zero-order chi connectivity index (χ0) is 23.6. The van der Waals surface area contributed by atoms with Crippen molar-refractivity contribution < 1.29 is 5.11 Å². The Morgan fingerprint density at radius 3 is 1.58 bits per heavy atom. The third-order valence-corrected chi connectivity index (χ3v) is 5.93. The molecule has 0 aromatic heterocycles. The first-order valence-electron chi connectivity index (χ1n) is 12.2. The fourth-order valence-corrected chi connectivity index (χ4v) is 3.56. The number of hydrogen-bond donors (Lipinski definition) is 1. The van der Waals surface area contributed by atoms with E-state index >= 15 is 0 Å². The minimum atomic E-state index is 0.147. The predicted octanol–water partition coefficient (Wildman–Crippen LogP) is 9.43. The molecule has 0 saturated carbocycles. The summed E-state index contributed by atoms with van der Waals surface area (Å²) in [4.78, 5) is 0. The molecule has 1 heteroatoms. The third kappa shape index (κ3) is 17.7. The summed E-state index contributed by atoms with van der Waals surface area (Å²) < 4.78 is 0. The van der Waals surface area contributed by atoms with Gasteiger partial charge in [-0.1, -0.05) is 70.4 Å². The van der Waals surface area contributed by atoms with Gasteiger partial charge in [0.15, 0.2) is 0 Å². The van der Waals surface area contributed by atoms with E-state index in [1.807, 2.05) is 6.08 Å². The predicted molar refractivity (Wildman–Crippen MR) is 141 cm³/mol. The van der Waals surface area contributed by atoms with Crippen molar-refractivity contribution in [2.24, 2.45) is 5.92 Å². The van der Waals surface area contributed by atoms with Crippen LogP contribution < -0.4 is 0 Å². The van der Waals surface area contributed by atoms with Crippen LogP contribution in [0.2, 0.25) is 0 Å². The Bertz CT molecular complexity index is 663. The second kappa shape index (κ2) is 18.0. The van der Waals surface area contributed by atoms with Gasteiger partial charge in [-0.25, -0.2) is 0 Å². The van der Waals surface area contributed by atoms with E-state index in [4.69, 9.17) is 5.11 Å². The molecule has 0 spiro atoms. The van der Waals surface area contributed by atoms with Crippen molar-refractivity contribution in [2.75, 3.05) is 6.61 Å². The Morgan fingerprint density at radius 1 is 0.645 bits per heavy atom. The van der Waals surface area contributed by atoms with Gasteiger partial charge in [-0.05, 0) is 112 Å². The van der Waals surface area contributed by atoms with Crippen LogP contribution in [0.4, 0.5) is 0 Å². The van der Waals surface area contributed by atoms with Crippen LogP contribution in [0.25, 0.3) is 0 Å². The molecule has 0 rings (SSSR count). The van der Waals surface area contributed by atoms with Crippen LogP contribution in [-0.4, -0.2) is 11.7 Å². The van der Waals surface area contributed by atoms with Crippen molar-refractivity contribution >= 4 is 0 Å². The molecule has 0 aromatic rings. The molecule has 0 amide bonds. The van der Waals surface area contributed by atoms with Crippen molar-refractivity contribution in [3.05, 3.63) is 70.4 Å². The van der Waals surface area contributed by atoms with Gasteiger partial charge in [0, 0.05) is 0 Å². The Morgan fingerprint density at radius 2 is 1.10 bits per heavy atom. The average Bonchev–Trinajstić information content (AvgIpc) is 2.67. The maximum atomic E-state index is 8.94. The first kappa shape index (κ1) is 29.4. The summed E-state index contributed by atoms with van der Waals surface area (Å²) in [6.07, 6.45) is 21.6. The highest BCUT2D eigenvalue weighted by Crippen LogP contribution is 2.24. The number of aliphatic hydroxyl groups is 1. The van der Waals surface area contributed by atoms with Crippen molar-refractivity contribution in [1.82, 2.24) is 0 Å². The molecule has 0 saturated heterocycles. The number of rotatable bonds is 16. The maximum absolute atomic E-state index is 8.94.